The summed E-state index contributed by atoms with van der Waals surface area (Å²) in [6, 6.07) is 1.37. The minimum atomic E-state index is -1.25. The lowest BCUT2D eigenvalue weighted by Crippen LogP contribution is -2.52. The van der Waals surface area contributed by atoms with Crippen molar-refractivity contribution in [3.8, 4) is 0 Å². The molecule has 1 aromatic heterocycles. The van der Waals surface area contributed by atoms with Crippen LogP contribution < -0.4 is 16.5 Å². The number of aliphatic carboxylic acids is 1. The fourth-order valence-electron chi connectivity index (χ4n) is 4.06. The van der Waals surface area contributed by atoms with E-state index in [9.17, 15) is 24.3 Å². The number of nitrogens with two attached hydrogens (primary N) is 1. The molecule has 0 aromatic carbocycles. The van der Waals surface area contributed by atoms with Gasteiger partial charge in [-0.2, -0.15) is 5.10 Å². The molecule has 190 valence electrons. The van der Waals surface area contributed by atoms with Gasteiger partial charge in [-0.25, -0.2) is 0 Å². The van der Waals surface area contributed by atoms with Gasteiger partial charge in [0.05, 0.1) is 6.42 Å². The first-order valence-electron chi connectivity index (χ1n) is 11.5. The average Bonchev–Trinajstić information content (AvgIpc) is 3.66. The number of nitrogens with one attached hydrogen (secondary N) is 2. The van der Waals surface area contributed by atoms with Crippen molar-refractivity contribution in [3.63, 3.8) is 0 Å². The van der Waals surface area contributed by atoms with E-state index < -0.39 is 36.3 Å². The molecule has 1 aliphatic carbocycles. The van der Waals surface area contributed by atoms with Crippen molar-refractivity contribution in [2.24, 2.45) is 16.9 Å². The van der Waals surface area contributed by atoms with Crippen molar-refractivity contribution >= 4 is 41.6 Å². The van der Waals surface area contributed by atoms with Crippen LogP contribution in [0.3, 0.4) is 0 Å². The summed E-state index contributed by atoms with van der Waals surface area (Å²) < 4.78 is 0. The summed E-state index contributed by atoms with van der Waals surface area (Å²) in [4.78, 5) is 57.2. The summed E-state index contributed by atoms with van der Waals surface area (Å²) in [6.45, 7) is 1.41. The molecule has 1 aromatic rings. The fraction of sp³-hybridized carbons (Fsp3) is 0.545. The van der Waals surface area contributed by atoms with Crippen LogP contribution in [0.4, 0.5) is 0 Å². The second-order valence-corrected chi connectivity index (χ2v) is 9.19. The van der Waals surface area contributed by atoms with Crippen molar-refractivity contribution < 1.29 is 24.3 Å². The number of nitrogens with zero attached hydrogens (tertiary/aromatic N) is 4. The van der Waals surface area contributed by atoms with Gasteiger partial charge in [-0.15, -0.1) is 0 Å². The topological polar surface area (TPSA) is 170 Å². The molecule has 1 saturated carbocycles. The van der Waals surface area contributed by atoms with Crippen LogP contribution in [0, 0.1) is 5.92 Å². The van der Waals surface area contributed by atoms with Gasteiger partial charge < -0.3 is 31.4 Å². The van der Waals surface area contributed by atoms with E-state index >= 15 is 0 Å². The van der Waals surface area contributed by atoms with E-state index in [2.05, 4.69) is 20.7 Å². The number of carbonyl (C=O) groups is 4. The normalized spacial score (nSPS) is 18.7. The number of likely N-dealkylation sites (tertiary alicyclic amines) is 1. The molecule has 3 amide bonds. The maximum atomic E-state index is 13.2. The quantitative estimate of drug-likeness (QED) is 0.141. The van der Waals surface area contributed by atoms with Gasteiger partial charge in [0.2, 0.25) is 11.8 Å². The number of hydrogen-bond acceptors (Lipinski definition) is 7. The lowest BCUT2D eigenvalue weighted by Gasteiger charge is -2.31. The van der Waals surface area contributed by atoms with Crippen LogP contribution in [-0.2, 0) is 14.4 Å². The Hall–Kier alpha value is -3.41. The number of carboxylic acids is 1. The molecular weight excluding hydrogens is 478 g/mol. The first kappa shape index (κ1) is 26.2. The summed E-state index contributed by atoms with van der Waals surface area (Å²) in [7, 11) is 0. The summed E-state index contributed by atoms with van der Waals surface area (Å²) in [6.07, 6.45) is 5.78. The van der Waals surface area contributed by atoms with E-state index in [4.69, 9.17) is 17.4 Å². The number of carbonyl (C=O) groups excluding carboxylic acids is 3. The fourth-order valence-corrected chi connectivity index (χ4v) is 4.22. The zero-order chi connectivity index (χ0) is 25.4. The van der Waals surface area contributed by atoms with Crippen LogP contribution in [0.5, 0.6) is 0 Å². The summed E-state index contributed by atoms with van der Waals surface area (Å²) in [5.74, 6) is 2.49. The highest BCUT2D eigenvalue weighted by Gasteiger charge is 2.38. The number of hydrogen-bond donors (Lipinski definition) is 4. The van der Waals surface area contributed by atoms with Crippen molar-refractivity contribution in [2.45, 2.75) is 44.2 Å². The lowest BCUT2D eigenvalue weighted by molar-refractivity contribution is -0.146. The molecule has 1 saturated heterocycles. The third-order valence-electron chi connectivity index (χ3n) is 5.89. The van der Waals surface area contributed by atoms with Crippen molar-refractivity contribution in [2.75, 3.05) is 26.2 Å². The number of pyridine rings is 1. The zero-order valence-electron chi connectivity index (χ0n) is 19.2. The predicted molar refractivity (Wildman–Crippen MR) is 127 cm³/mol. The van der Waals surface area contributed by atoms with Gasteiger partial charge in [-0.1, -0.05) is 11.6 Å². The number of amides is 3. The van der Waals surface area contributed by atoms with Crippen LogP contribution >= 0.6 is 11.6 Å². The van der Waals surface area contributed by atoms with E-state index in [0.29, 0.717) is 25.9 Å². The third kappa shape index (κ3) is 8.09. The van der Waals surface area contributed by atoms with Gasteiger partial charge in [0.1, 0.15) is 24.6 Å². The Kier molecular flexibility index (Phi) is 9.24. The summed E-state index contributed by atoms with van der Waals surface area (Å²) in [5.41, 5.74) is -0.0178. The first-order chi connectivity index (χ1) is 16.8. The largest absolute Gasteiger partial charge is 0.480 e. The molecule has 2 atom stereocenters. The van der Waals surface area contributed by atoms with E-state index in [1.807, 2.05) is 4.90 Å². The monoisotopic (exact) mass is 507 g/mol. The SMILES string of the molecule is NN=CN1CCC[C@@H](CNC(=O)C[C@H](NC(=O)c2cc(Cl)ccn2)C(=O)N(CC(=O)O)C2CC2)C1. The maximum absolute atomic E-state index is 13.2. The van der Waals surface area contributed by atoms with Crippen LogP contribution in [0.2, 0.25) is 5.02 Å². The van der Waals surface area contributed by atoms with Crippen LogP contribution in [0.1, 0.15) is 42.6 Å². The highest BCUT2D eigenvalue weighted by molar-refractivity contribution is 6.30. The zero-order valence-corrected chi connectivity index (χ0v) is 20.0. The average molecular weight is 508 g/mol. The molecule has 2 heterocycles. The smallest absolute Gasteiger partial charge is 0.323 e. The van der Waals surface area contributed by atoms with Crippen LogP contribution in [0.15, 0.2) is 23.4 Å². The molecule has 2 fully saturated rings. The van der Waals surface area contributed by atoms with Gasteiger partial charge >= 0.3 is 5.97 Å². The standard InChI is InChI=1S/C22H30ClN7O5/c23-15-5-6-25-17(8-15)21(34)28-18(22(35)30(12-20(32)33)16-3-4-16)9-19(31)26-10-14-2-1-7-29(11-14)13-27-24/h5-6,8,13-14,16,18H,1-4,7,9-12,24H2,(H,26,31)(H,28,34)(H,32,33)/t14-,18-/m0/s1. The number of hydrazone groups is 1. The lowest BCUT2D eigenvalue weighted by atomic mass is 9.98. The molecule has 35 heavy (non-hydrogen) atoms. The number of piperidine rings is 1. The molecule has 1 aliphatic heterocycles. The van der Waals surface area contributed by atoms with Gasteiger partial charge in [0, 0.05) is 36.9 Å². The second kappa shape index (κ2) is 12.3. The Balaban J connectivity index is 1.67. The number of carboxylic acid groups (broad SMARTS) is 1. The van der Waals surface area contributed by atoms with Crippen LogP contribution in [-0.4, -0.2) is 88.2 Å². The Morgan fingerprint density at radius 2 is 2.11 bits per heavy atom. The Bertz CT molecular complexity index is 971. The maximum Gasteiger partial charge on any atom is 0.323 e. The highest BCUT2D eigenvalue weighted by atomic mass is 35.5. The molecular formula is C22H30ClN7O5. The minimum Gasteiger partial charge on any atom is -0.480 e. The molecule has 0 bridgehead atoms. The molecule has 3 rings (SSSR count). The van der Waals surface area contributed by atoms with Crippen molar-refractivity contribution in [3.05, 3.63) is 29.0 Å². The molecule has 2 aliphatic rings. The summed E-state index contributed by atoms with van der Waals surface area (Å²) in [5, 5.41) is 18.4. The van der Waals surface area contributed by atoms with Crippen molar-refractivity contribution in [1.29, 1.82) is 0 Å². The van der Waals surface area contributed by atoms with E-state index in [0.717, 1.165) is 19.4 Å². The molecule has 0 spiro atoms. The minimum absolute atomic E-state index is 0.0178. The number of rotatable bonds is 11. The Labute approximate surface area is 207 Å². The van der Waals surface area contributed by atoms with E-state index in [-0.39, 0.29) is 29.1 Å². The molecule has 5 N–H and O–H groups in total. The van der Waals surface area contributed by atoms with Gasteiger partial charge in [0.25, 0.3) is 5.91 Å². The molecule has 12 nitrogen and oxygen atoms in total. The predicted octanol–water partition coefficient (Wildman–Crippen LogP) is 0.0293. The molecule has 0 radical (unpaired) electrons. The van der Waals surface area contributed by atoms with Crippen molar-refractivity contribution in [1.82, 2.24) is 25.4 Å². The number of halogens is 1. The first-order valence-corrected chi connectivity index (χ1v) is 11.8. The number of aromatic nitrogens is 1. The van der Waals surface area contributed by atoms with Crippen LogP contribution in [0.25, 0.3) is 0 Å². The Morgan fingerprint density at radius 1 is 1.34 bits per heavy atom. The highest BCUT2D eigenvalue weighted by Crippen LogP contribution is 2.27. The van der Waals surface area contributed by atoms with Gasteiger partial charge in [-0.05, 0) is 43.7 Å². The van der Waals surface area contributed by atoms with Gasteiger partial charge in [0.15, 0.2) is 0 Å². The van der Waals surface area contributed by atoms with Gasteiger partial charge in [-0.3, -0.25) is 24.2 Å². The Morgan fingerprint density at radius 3 is 2.77 bits per heavy atom. The molecule has 0 unspecified atom stereocenters. The van der Waals surface area contributed by atoms with E-state index in [1.165, 1.54) is 23.2 Å². The second-order valence-electron chi connectivity index (χ2n) is 8.75. The third-order valence-corrected chi connectivity index (χ3v) is 6.13. The molecule has 13 heteroatoms. The summed E-state index contributed by atoms with van der Waals surface area (Å²) >= 11 is 5.93. The van der Waals surface area contributed by atoms with E-state index in [1.54, 1.807) is 6.34 Å².